The number of aromatic amines is 1. The van der Waals surface area contributed by atoms with Crippen molar-refractivity contribution in [3.8, 4) is 11.1 Å². The van der Waals surface area contributed by atoms with Crippen molar-refractivity contribution in [2.75, 3.05) is 0 Å². The summed E-state index contributed by atoms with van der Waals surface area (Å²) in [5, 5.41) is 7.67. The molecule has 3 nitrogen and oxygen atoms in total. The summed E-state index contributed by atoms with van der Waals surface area (Å²) in [5.74, 6) is 0. The molecule has 0 saturated carbocycles. The average Bonchev–Trinajstić information content (AvgIpc) is 2.82. The normalized spacial score (nSPS) is 10.7. The third kappa shape index (κ3) is 1.38. The monoisotopic (exact) mass is 194 g/mol. The van der Waals surface area contributed by atoms with Gasteiger partial charge in [0.1, 0.15) is 6.20 Å². The molecular weight excluding hydrogens is 186 g/mol. The SMILES string of the molecule is [c]1n[nH]cc1-c1cnc2ccccc2c1. The smallest absolute Gasteiger partial charge is 0.121 e. The van der Waals surface area contributed by atoms with E-state index in [-0.39, 0.29) is 0 Å². The van der Waals surface area contributed by atoms with E-state index in [9.17, 15) is 0 Å². The third-order valence-corrected chi connectivity index (χ3v) is 2.35. The second-order valence-corrected chi connectivity index (χ2v) is 3.33. The van der Waals surface area contributed by atoms with Crippen molar-refractivity contribution in [1.29, 1.82) is 0 Å². The predicted molar refractivity (Wildman–Crippen MR) is 58.2 cm³/mol. The van der Waals surface area contributed by atoms with E-state index < -0.39 is 0 Å². The molecule has 0 spiro atoms. The van der Waals surface area contributed by atoms with Crippen LogP contribution in [-0.4, -0.2) is 15.2 Å². The first-order valence-electron chi connectivity index (χ1n) is 4.70. The van der Waals surface area contributed by atoms with Crippen molar-refractivity contribution >= 4 is 10.9 Å². The quantitative estimate of drug-likeness (QED) is 0.646. The second-order valence-electron chi connectivity index (χ2n) is 3.33. The Morgan fingerprint density at radius 1 is 1.20 bits per heavy atom. The van der Waals surface area contributed by atoms with Crippen LogP contribution in [0, 0.1) is 6.20 Å². The van der Waals surface area contributed by atoms with Gasteiger partial charge in [0.05, 0.1) is 5.52 Å². The number of H-pyrrole nitrogens is 1. The Labute approximate surface area is 86.8 Å². The Morgan fingerprint density at radius 3 is 3.00 bits per heavy atom. The molecule has 3 heteroatoms. The largest absolute Gasteiger partial charge is 0.284 e. The van der Waals surface area contributed by atoms with Crippen LogP contribution in [0.5, 0.6) is 0 Å². The van der Waals surface area contributed by atoms with Crippen LogP contribution in [0.1, 0.15) is 0 Å². The van der Waals surface area contributed by atoms with E-state index in [0.29, 0.717) is 0 Å². The second kappa shape index (κ2) is 3.20. The minimum Gasteiger partial charge on any atom is -0.284 e. The lowest BCUT2D eigenvalue weighted by atomic mass is 10.1. The van der Waals surface area contributed by atoms with E-state index in [4.69, 9.17) is 0 Å². The molecular formula is C12H8N3. The van der Waals surface area contributed by atoms with Gasteiger partial charge in [0.15, 0.2) is 0 Å². The number of fused-ring (bicyclic) bond motifs is 1. The maximum atomic E-state index is 4.38. The molecule has 1 radical (unpaired) electrons. The Bertz CT molecular complexity index is 585. The summed E-state index contributed by atoms with van der Waals surface area (Å²) >= 11 is 0. The number of para-hydroxylation sites is 1. The summed E-state index contributed by atoms with van der Waals surface area (Å²) in [5.41, 5.74) is 2.97. The molecule has 0 aliphatic carbocycles. The lowest BCUT2D eigenvalue weighted by Gasteiger charge is -1.99. The molecule has 2 heterocycles. The lowest BCUT2D eigenvalue weighted by molar-refractivity contribution is 1.08. The molecule has 3 aromatic rings. The molecule has 0 amide bonds. The van der Waals surface area contributed by atoms with Gasteiger partial charge in [-0.05, 0) is 12.1 Å². The average molecular weight is 194 g/mol. The summed E-state index contributed by atoms with van der Waals surface area (Å²) in [4.78, 5) is 4.38. The fourth-order valence-electron chi connectivity index (χ4n) is 1.59. The van der Waals surface area contributed by atoms with Gasteiger partial charge in [-0.3, -0.25) is 10.1 Å². The molecule has 2 aromatic heterocycles. The summed E-state index contributed by atoms with van der Waals surface area (Å²) in [6, 6.07) is 10.1. The van der Waals surface area contributed by atoms with Crippen LogP contribution in [0.15, 0.2) is 42.7 Å². The van der Waals surface area contributed by atoms with Crippen molar-refractivity contribution in [3.63, 3.8) is 0 Å². The standard InChI is InChI=1S/C12H8N3/c1-2-4-12-9(3-1)5-10(6-13-12)11-7-14-15-8-11/h1-7H,(H,14,15). The highest BCUT2D eigenvalue weighted by Crippen LogP contribution is 2.20. The van der Waals surface area contributed by atoms with Crippen LogP contribution in [-0.2, 0) is 0 Å². The first kappa shape index (κ1) is 8.17. The van der Waals surface area contributed by atoms with E-state index >= 15 is 0 Å². The number of nitrogens with zero attached hydrogens (tertiary/aromatic N) is 2. The minimum absolute atomic E-state index is 0.938. The first-order valence-corrected chi connectivity index (χ1v) is 4.70. The van der Waals surface area contributed by atoms with Gasteiger partial charge in [0.2, 0.25) is 0 Å². The third-order valence-electron chi connectivity index (χ3n) is 2.35. The van der Waals surface area contributed by atoms with E-state index in [2.05, 4.69) is 27.4 Å². The Hall–Kier alpha value is -2.16. The van der Waals surface area contributed by atoms with Gasteiger partial charge >= 0.3 is 0 Å². The topological polar surface area (TPSA) is 41.6 Å². The van der Waals surface area contributed by atoms with Crippen LogP contribution in [0.25, 0.3) is 22.0 Å². The van der Waals surface area contributed by atoms with Gasteiger partial charge in [-0.15, -0.1) is 0 Å². The molecule has 0 aliphatic rings. The summed E-state index contributed by atoms with van der Waals surface area (Å²) < 4.78 is 0. The summed E-state index contributed by atoms with van der Waals surface area (Å²) in [7, 11) is 0. The summed E-state index contributed by atoms with van der Waals surface area (Å²) in [6.07, 6.45) is 6.52. The Kier molecular flexibility index (Phi) is 1.75. The van der Waals surface area contributed by atoms with Gasteiger partial charge in [0, 0.05) is 28.9 Å². The van der Waals surface area contributed by atoms with Crippen LogP contribution in [0.4, 0.5) is 0 Å². The Balaban J connectivity index is 2.22. The van der Waals surface area contributed by atoms with Crippen molar-refractivity contribution in [1.82, 2.24) is 15.2 Å². The fraction of sp³-hybridized carbons (Fsp3) is 0. The number of pyridine rings is 1. The molecule has 0 fully saturated rings. The lowest BCUT2D eigenvalue weighted by Crippen LogP contribution is -1.80. The van der Waals surface area contributed by atoms with Gasteiger partial charge in [-0.2, -0.15) is 5.10 Å². The fourth-order valence-corrected chi connectivity index (χ4v) is 1.59. The molecule has 0 aliphatic heterocycles. The van der Waals surface area contributed by atoms with Gasteiger partial charge in [-0.25, -0.2) is 0 Å². The molecule has 1 aromatic carbocycles. The van der Waals surface area contributed by atoms with Crippen LogP contribution >= 0.6 is 0 Å². The van der Waals surface area contributed by atoms with Gasteiger partial charge in [-0.1, -0.05) is 18.2 Å². The van der Waals surface area contributed by atoms with Gasteiger partial charge in [0.25, 0.3) is 0 Å². The number of hydrogen-bond donors (Lipinski definition) is 1. The number of rotatable bonds is 1. The predicted octanol–water partition coefficient (Wildman–Crippen LogP) is 2.43. The number of hydrogen-bond acceptors (Lipinski definition) is 2. The minimum atomic E-state index is 0.938. The zero-order chi connectivity index (χ0) is 10.1. The zero-order valence-electron chi connectivity index (χ0n) is 7.94. The summed E-state index contributed by atoms with van der Waals surface area (Å²) in [6.45, 7) is 0. The maximum absolute atomic E-state index is 4.38. The molecule has 0 unspecified atom stereocenters. The molecule has 0 saturated heterocycles. The molecule has 3 rings (SSSR count). The molecule has 15 heavy (non-hydrogen) atoms. The van der Waals surface area contributed by atoms with E-state index in [1.54, 1.807) is 0 Å². The highest BCUT2D eigenvalue weighted by atomic mass is 15.1. The van der Waals surface area contributed by atoms with E-state index in [0.717, 1.165) is 22.0 Å². The zero-order valence-corrected chi connectivity index (χ0v) is 7.94. The van der Waals surface area contributed by atoms with Crippen molar-refractivity contribution in [3.05, 3.63) is 48.9 Å². The number of nitrogens with one attached hydrogen (secondary N) is 1. The highest BCUT2D eigenvalue weighted by Gasteiger charge is 2.01. The van der Waals surface area contributed by atoms with E-state index in [1.807, 2.05) is 36.7 Å². The molecule has 71 valence electrons. The Morgan fingerprint density at radius 2 is 2.13 bits per heavy atom. The van der Waals surface area contributed by atoms with E-state index in [1.165, 1.54) is 0 Å². The number of benzene rings is 1. The highest BCUT2D eigenvalue weighted by molar-refractivity contribution is 5.83. The first-order chi connectivity index (χ1) is 7.43. The molecule has 1 N–H and O–H groups in total. The molecule has 0 bridgehead atoms. The van der Waals surface area contributed by atoms with Crippen molar-refractivity contribution < 1.29 is 0 Å². The molecule has 0 atom stereocenters. The van der Waals surface area contributed by atoms with Crippen molar-refractivity contribution in [2.45, 2.75) is 0 Å². The maximum Gasteiger partial charge on any atom is 0.121 e. The van der Waals surface area contributed by atoms with Crippen LogP contribution in [0.2, 0.25) is 0 Å². The van der Waals surface area contributed by atoms with Crippen LogP contribution in [0.3, 0.4) is 0 Å². The van der Waals surface area contributed by atoms with Gasteiger partial charge < -0.3 is 0 Å². The van der Waals surface area contributed by atoms with Crippen molar-refractivity contribution in [2.24, 2.45) is 0 Å². The number of aromatic nitrogens is 3. The van der Waals surface area contributed by atoms with Crippen LogP contribution < -0.4 is 0 Å².